The first-order valence-electron chi connectivity index (χ1n) is 6.02. The minimum atomic E-state index is 0.373. The summed E-state index contributed by atoms with van der Waals surface area (Å²) in [5, 5.41) is 6.71. The fraction of sp³-hybridized carbons (Fsp3) is 0.750. The number of hydrogen-bond donors (Lipinski definition) is 1. The lowest BCUT2D eigenvalue weighted by Crippen LogP contribution is -2.54. The third-order valence-corrected chi connectivity index (χ3v) is 4.56. The average Bonchev–Trinajstić information content (AvgIpc) is 2.63. The Kier molecular flexibility index (Phi) is 3.50. The van der Waals surface area contributed by atoms with Crippen LogP contribution in [-0.2, 0) is 6.42 Å². The Morgan fingerprint density at radius 1 is 1.50 bits per heavy atom. The molecule has 2 rings (SSSR count). The SMILES string of the molecule is CCc1csc(NCC2(N(C)C)CCC2)n1. The monoisotopic (exact) mass is 239 g/mol. The van der Waals surface area contributed by atoms with Crippen molar-refractivity contribution in [1.82, 2.24) is 9.88 Å². The fourth-order valence-corrected chi connectivity index (χ4v) is 2.95. The Hall–Kier alpha value is -0.610. The van der Waals surface area contributed by atoms with E-state index >= 15 is 0 Å². The van der Waals surface area contributed by atoms with Crippen LogP contribution in [0.3, 0.4) is 0 Å². The second-order valence-corrected chi connectivity index (χ2v) is 5.68. The largest absolute Gasteiger partial charge is 0.360 e. The molecule has 16 heavy (non-hydrogen) atoms. The van der Waals surface area contributed by atoms with E-state index in [1.807, 2.05) is 0 Å². The van der Waals surface area contributed by atoms with Gasteiger partial charge in [-0.25, -0.2) is 4.98 Å². The van der Waals surface area contributed by atoms with E-state index in [0.717, 1.165) is 18.1 Å². The lowest BCUT2D eigenvalue weighted by Gasteiger charge is -2.47. The summed E-state index contributed by atoms with van der Waals surface area (Å²) < 4.78 is 0. The first kappa shape index (κ1) is 11.9. The number of aromatic nitrogens is 1. The minimum Gasteiger partial charge on any atom is -0.360 e. The van der Waals surface area contributed by atoms with Gasteiger partial charge in [-0.15, -0.1) is 11.3 Å². The van der Waals surface area contributed by atoms with Gasteiger partial charge in [-0.1, -0.05) is 6.92 Å². The Labute approximate surface area is 102 Å². The van der Waals surface area contributed by atoms with Gasteiger partial charge in [0.2, 0.25) is 0 Å². The molecule has 0 unspecified atom stereocenters. The summed E-state index contributed by atoms with van der Waals surface area (Å²) in [6.45, 7) is 3.17. The van der Waals surface area contributed by atoms with Gasteiger partial charge >= 0.3 is 0 Å². The second kappa shape index (κ2) is 4.72. The summed E-state index contributed by atoms with van der Waals surface area (Å²) in [7, 11) is 4.36. The van der Waals surface area contributed by atoms with E-state index in [1.165, 1.54) is 25.0 Å². The molecule has 1 N–H and O–H groups in total. The van der Waals surface area contributed by atoms with Gasteiger partial charge in [-0.2, -0.15) is 0 Å². The Bertz CT molecular complexity index is 342. The van der Waals surface area contributed by atoms with Crippen LogP contribution in [0, 0.1) is 0 Å². The quantitative estimate of drug-likeness (QED) is 0.856. The first-order chi connectivity index (χ1) is 7.66. The molecular weight excluding hydrogens is 218 g/mol. The van der Waals surface area contributed by atoms with Gasteiger partial charge in [-0.05, 0) is 39.8 Å². The van der Waals surface area contributed by atoms with Crippen molar-refractivity contribution in [1.29, 1.82) is 0 Å². The number of aryl methyl sites for hydroxylation is 1. The summed E-state index contributed by atoms with van der Waals surface area (Å²) in [5.41, 5.74) is 1.57. The van der Waals surface area contributed by atoms with Crippen molar-refractivity contribution >= 4 is 16.5 Å². The number of rotatable bonds is 5. The summed E-state index contributed by atoms with van der Waals surface area (Å²) >= 11 is 1.72. The molecule has 1 aliphatic carbocycles. The van der Waals surface area contributed by atoms with E-state index in [4.69, 9.17) is 0 Å². The van der Waals surface area contributed by atoms with Crippen molar-refractivity contribution < 1.29 is 0 Å². The van der Waals surface area contributed by atoms with Gasteiger partial charge in [0.05, 0.1) is 5.69 Å². The third-order valence-electron chi connectivity index (χ3n) is 3.72. The predicted molar refractivity (Wildman–Crippen MR) is 70.3 cm³/mol. The molecule has 0 saturated heterocycles. The smallest absolute Gasteiger partial charge is 0.182 e. The maximum atomic E-state index is 4.54. The maximum Gasteiger partial charge on any atom is 0.182 e. The molecular formula is C12H21N3S. The molecule has 3 nitrogen and oxygen atoms in total. The fourth-order valence-electron chi connectivity index (χ4n) is 2.16. The Balaban J connectivity index is 1.91. The van der Waals surface area contributed by atoms with E-state index in [-0.39, 0.29) is 0 Å². The number of anilines is 1. The summed E-state index contributed by atoms with van der Waals surface area (Å²) in [6, 6.07) is 0. The van der Waals surface area contributed by atoms with E-state index < -0.39 is 0 Å². The zero-order valence-electron chi connectivity index (χ0n) is 10.4. The molecule has 0 spiro atoms. The molecule has 1 aromatic heterocycles. The van der Waals surface area contributed by atoms with E-state index in [2.05, 4.69) is 41.6 Å². The first-order valence-corrected chi connectivity index (χ1v) is 6.90. The molecule has 0 atom stereocenters. The van der Waals surface area contributed by atoms with Crippen molar-refractivity contribution in [2.24, 2.45) is 0 Å². The van der Waals surface area contributed by atoms with Crippen LogP contribution < -0.4 is 5.32 Å². The van der Waals surface area contributed by atoms with Crippen molar-refractivity contribution in [3.63, 3.8) is 0 Å². The van der Waals surface area contributed by atoms with Crippen LogP contribution >= 0.6 is 11.3 Å². The second-order valence-electron chi connectivity index (χ2n) is 4.82. The summed E-state index contributed by atoms with van der Waals surface area (Å²) in [6.07, 6.45) is 4.99. The van der Waals surface area contributed by atoms with Gasteiger partial charge in [0.15, 0.2) is 5.13 Å². The van der Waals surface area contributed by atoms with Crippen LogP contribution in [0.25, 0.3) is 0 Å². The lowest BCUT2D eigenvalue weighted by atomic mass is 9.75. The molecule has 0 aliphatic heterocycles. The third kappa shape index (κ3) is 2.23. The standard InChI is InChI=1S/C12H21N3S/c1-4-10-8-16-11(14-10)13-9-12(15(2)3)6-5-7-12/h8H,4-7,9H2,1-3H3,(H,13,14). The van der Waals surface area contributed by atoms with Gasteiger partial charge in [0.25, 0.3) is 0 Å². The average molecular weight is 239 g/mol. The molecule has 1 aromatic rings. The molecule has 1 fully saturated rings. The normalized spacial score (nSPS) is 18.5. The molecule has 90 valence electrons. The van der Waals surface area contributed by atoms with Gasteiger partial charge in [0.1, 0.15) is 0 Å². The molecule has 1 aliphatic rings. The molecule has 0 radical (unpaired) electrons. The number of nitrogens with one attached hydrogen (secondary N) is 1. The van der Waals surface area contributed by atoms with Crippen LogP contribution in [0.2, 0.25) is 0 Å². The van der Waals surface area contributed by atoms with E-state index in [1.54, 1.807) is 11.3 Å². The molecule has 1 heterocycles. The van der Waals surface area contributed by atoms with Crippen molar-refractivity contribution in [3.05, 3.63) is 11.1 Å². The number of hydrogen-bond acceptors (Lipinski definition) is 4. The molecule has 1 saturated carbocycles. The summed E-state index contributed by atoms with van der Waals surface area (Å²) in [4.78, 5) is 6.90. The van der Waals surface area contributed by atoms with Crippen LogP contribution in [0.1, 0.15) is 31.9 Å². The summed E-state index contributed by atoms with van der Waals surface area (Å²) in [5.74, 6) is 0. The topological polar surface area (TPSA) is 28.2 Å². The molecule has 0 aromatic carbocycles. The lowest BCUT2D eigenvalue weighted by molar-refractivity contribution is 0.0739. The molecule has 4 heteroatoms. The van der Waals surface area contributed by atoms with Gasteiger partial charge in [-0.3, -0.25) is 0 Å². The van der Waals surface area contributed by atoms with E-state index in [9.17, 15) is 0 Å². The highest BCUT2D eigenvalue weighted by Crippen LogP contribution is 2.36. The van der Waals surface area contributed by atoms with Crippen LogP contribution in [0.5, 0.6) is 0 Å². The van der Waals surface area contributed by atoms with Gasteiger partial charge in [0, 0.05) is 17.5 Å². The Morgan fingerprint density at radius 2 is 2.25 bits per heavy atom. The zero-order chi connectivity index (χ0) is 11.6. The number of thiazole rings is 1. The highest BCUT2D eigenvalue weighted by molar-refractivity contribution is 7.13. The van der Waals surface area contributed by atoms with Crippen molar-refractivity contribution in [2.45, 2.75) is 38.1 Å². The number of nitrogens with zero attached hydrogens (tertiary/aromatic N) is 2. The van der Waals surface area contributed by atoms with Crippen LogP contribution in [0.15, 0.2) is 5.38 Å². The predicted octanol–water partition coefficient (Wildman–Crippen LogP) is 2.60. The minimum absolute atomic E-state index is 0.373. The van der Waals surface area contributed by atoms with Crippen molar-refractivity contribution in [3.8, 4) is 0 Å². The molecule has 0 amide bonds. The Morgan fingerprint density at radius 3 is 2.69 bits per heavy atom. The van der Waals surface area contributed by atoms with E-state index in [0.29, 0.717) is 5.54 Å². The highest BCUT2D eigenvalue weighted by Gasteiger charge is 2.38. The van der Waals surface area contributed by atoms with Crippen LogP contribution in [0.4, 0.5) is 5.13 Å². The maximum absolute atomic E-state index is 4.54. The number of likely N-dealkylation sites (N-methyl/N-ethyl adjacent to an activating group) is 1. The molecule has 0 bridgehead atoms. The van der Waals surface area contributed by atoms with Gasteiger partial charge < -0.3 is 10.2 Å². The highest BCUT2D eigenvalue weighted by atomic mass is 32.1. The van der Waals surface area contributed by atoms with Crippen molar-refractivity contribution in [2.75, 3.05) is 26.0 Å². The van der Waals surface area contributed by atoms with Crippen LogP contribution in [-0.4, -0.2) is 36.1 Å². The zero-order valence-corrected chi connectivity index (χ0v) is 11.2.